The Morgan fingerprint density at radius 3 is 2.68 bits per heavy atom. The fourth-order valence-electron chi connectivity index (χ4n) is 2.43. The van der Waals surface area contributed by atoms with E-state index >= 15 is 0 Å². The van der Waals surface area contributed by atoms with Crippen molar-refractivity contribution in [3.05, 3.63) is 28.2 Å². The van der Waals surface area contributed by atoms with Crippen LogP contribution >= 0.6 is 15.9 Å². The van der Waals surface area contributed by atoms with Crippen LogP contribution < -0.4 is 10.5 Å². The first-order chi connectivity index (χ1) is 8.90. The van der Waals surface area contributed by atoms with Crippen LogP contribution in [0.25, 0.3) is 0 Å². The van der Waals surface area contributed by atoms with Crippen molar-refractivity contribution in [1.29, 1.82) is 0 Å². The summed E-state index contributed by atoms with van der Waals surface area (Å²) in [5, 5.41) is 0. The van der Waals surface area contributed by atoms with Gasteiger partial charge in [-0.3, -0.25) is 0 Å². The quantitative estimate of drug-likeness (QED) is 0.881. The summed E-state index contributed by atoms with van der Waals surface area (Å²) >= 11 is 3.31. The van der Waals surface area contributed by atoms with Crippen molar-refractivity contribution < 1.29 is 8.42 Å². The Hall–Kier alpha value is -0.430. The number of nitrogens with two attached hydrogens (primary N) is 1. The number of rotatable bonds is 3. The number of sulfonamides is 1. The largest absolute Gasteiger partial charge is 0.326 e. The molecule has 0 aliphatic heterocycles. The van der Waals surface area contributed by atoms with E-state index in [9.17, 15) is 8.42 Å². The van der Waals surface area contributed by atoms with Gasteiger partial charge in [-0.2, -0.15) is 0 Å². The highest BCUT2D eigenvalue weighted by Crippen LogP contribution is 2.23. The molecular formula is C13H19BrN2O2S. The molecule has 0 amide bonds. The van der Waals surface area contributed by atoms with Crippen LogP contribution in [0.4, 0.5) is 0 Å². The molecule has 1 aromatic rings. The minimum absolute atomic E-state index is 0.0871. The van der Waals surface area contributed by atoms with E-state index < -0.39 is 10.0 Å². The van der Waals surface area contributed by atoms with Crippen LogP contribution in [0.2, 0.25) is 0 Å². The first kappa shape index (κ1) is 15.0. The molecule has 0 spiro atoms. The molecule has 0 bridgehead atoms. The normalized spacial score (nSPS) is 24.4. The number of hydrogen-bond acceptors (Lipinski definition) is 3. The summed E-state index contributed by atoms with van der Waals surface area (Å²) in [5.74, 6) is 0. The standard InChI is InChI=1S/C13H19BrN2O2S/c1-9-6-7-10(14)8-13(9)19(17,18)16-12-5-3-2-4-11(12)15/h6-8,11-12,16H,2-5,15H2,1H3/t11-,12-/m1/s1. The lowest BCUT2D eigenvalue weighted by molar-refractivity contribution is 0.361. The van der Waals surface area contributed by atoms with Gasteiger partial charge in [-0.05, 0) is 37.5 Å². The first-order valence-corrected chi connectivity index (χ1v) is 8.72. The van der Waals surface area contributed by atoms with Crippen molar-refractivity contribution in [2.24, 2.45) is 5.73 Å². The lowest BCUT2D eigenvalue weighted by Crippen LogP contribution is -2.49. The number of hydrogen-bond donors (Lipinski definition) is 2. The third-order valence-corrected chi connectivity index (χ3v) is 5.69. The molecule has 6 heteroatoms. The average Bonchev–Trinajstić information content (AvgIpc) is 2.35. The number of benzene rings is 1. The fraction of sp³-hybridized carbons (Fsp3) is 0.538. The van der Waals surface area contributed by atoms with E-state index in [4.69, 9.17) is 5.73 Å². The van der Waals surface area contributed by atoms with Crippen molar-refractivity contribution in [3.63, 3.8) is 0 Å². The van der Waals surface area contributed by atoms with Crippen LogP contribution in [0, 0.1) is 6.92 Å². The van der Waals surface area contributed by atoms with E-state index in [1.54, 1.807) is 19.1 Å². The highest BCUT2D eigenvalue weighted by molar-refractivity contribution is 9.10. The molecule has 106 valence electrons. The minimum atomic E-state index is -3.51. The third kappa shape index (κ3) is 3.56. The summed E-state index contributed by atoms with van der Waals surface area (Å²) in [5.41, 5.74) is 6.73. The Morgan fingerprint density at radius 2 is 2.00 bits per heavy atom. The summed E-state index contributed by atoms with van der Waals surface area (Å²) < 4.78 is 28.4. The maximum atomic E-state index is 12.4. The molecule has 0 unspecified atom stereocenters. The van der Waals surface area contributed by atoms with Crippen LogP contribution in [0.5, 0.6) is 0 Å². The Kier molecular flexibility index (Phi) is 4.66. The van der Waals surface area contributed by atoms with E-state index in [1.807, 2.05) is 6.07 Å². The smallest absolute Gasteiger partial charge is 0.241 e. The zero-order chi connectivity index (χ0) is 14.0. The lowest BCUT2D eigenvalue weighted by Gasteiger charge is -2.29. The van der Waals surface area contributed by atoms with Crippen LogP contribution in [-0.2, 0) is 10.0 Å². The van der Waals surface area contributed by atoms with Crippen LogP contribution in [-0.4, -0.2) is 20.5 Å². The van der Waals surface area contributed by atoms with Crippen LogP contribution in [0.3, 0.4) is 0 Å². The van der Waals surface area contributed by atoms with Gasteiger partial charge in [-0.1, -0.05) is 34.8 Å². The van der Waals surface area contributed by atoms with Gasteiger partial charge in [0, 0.05) is 16.6 Å². The molecule has 2 rings (SSSR count). The van der Waals surface area contributed by atoms with Gasteiger partial charge in [-0.15, -0.1) is 0 Å². The SMILES string of the molecule is Cc1ccc(Br)cc1S(=O)(=O)N[C@@H]1CCCC[C@H]1N. The van der Waals surface area contributed by atoms with Gasteiger partial charge < -0.3 is 5.73 Å². The highest BCUT2D eigenvalue weighted by Gasteiger charge is 2.27. The Bertz CT molecular complexity index is 560. The number of aryl methyl sites for hydroxylation is 1. The summed E-state index contributed by atoms with van der Waals surface area (Å²) in [7, 11) is -3.51. The molecule has 0 aromatic heterocycles. The predicted molar refractivity (Wildman–Crippen MR) is 79.4 cm³/mol. The molecule has 3 N–H and O–H groups in total. The second-order valence-corrected chi connectivity index (χ2v) is 7.68. The van der Waals surface area contributed by atoms with Crippen LogP contribution in [0.15, 0.2) is 27.6 Å². The fourth-order valence-corrected chi connectivity index (χ4v) is 4.54. The molecule has 0 heterocycles. The molecule has 1 saturated carbocycles. The van der Waals surface area contributed by atoms with Gasteiger partial charge in [0.15, 0.2) is 0 Å². The van der Waals surface area contributed by atoms with E-state index in [1.165, 1.54) is 0 Å². The van der Waals surface area contributed by atoms with Crippen molar-refractivity contribution >= 4 is 26.0 Å². The molecule has 1 aliphatic carbocycles. The molecule has 19 heavy (non-hydrogen) atoms. The monoisotopic (exact) mass is 346 g/mol. The van der Waals surface area contributed by atoms with Gasteiger partial charge in [0.2, 0.25) is 10.0 Å². The van der Waals surface area contributed by atoms with Crippen molar-refractivity contribution in [3.8, 4) is 0 Å². The van der Waals surface area contributed by atoms with E-state index in [2.05, 4.69) is 20.7 Å². The van der Waals surface area contributed by atoms with Gasteiger partial charge in [0.1, 0.15) is 0 Å². The second kappa shape index (κ2) is 5.91. The average molecular weight is 347 g/mol. The van der Waals surface area contributed by atoms with Crippen LogP contribution in [0.1, 0.15) is 31.2 Å². The summed E-state index contributed by atoms with van der Waals surface area (Å²) in [4.78, 5) is 0.319. The van der Waals surface area contributed by atoms with E-state index in [0.717, 1.165) is 35.7 Å². The zero-order valence-corrected chi connectivity index (χ0v) is 13.3. The Morgan fingerprint density at radius 1 is 1.32 bits per heavy atom. The second-order valence-electron chi connectivity index (χ2n) is 5.09. The summed E-state index contributed by atoms with van der Waals surface area (Å²) in [6.45, 7) is 1.79. The predicted octanol–water partition coefficient (Wildman–Crippen LogP) is 2.31. The van der Waals surface area contributed by atoms with Gasteiger partial charge >= 0.3 is 0 Å². The zero-order valence-electron chi connectivity index (χ0n) is 10.9. The summed E-state index contributed by atoms with van der Waals surface area (Å²) in [6, 6.07) is 5.01. The molecule has 4 nitrogen and oxygen atoms in total. The van der Waals surface area contributed by atoms with Gasteiger partial charge in [-0.25, -0.2) is 13.1 Å². The topological polar surface area (TPSA) is 72.2 Å². The molecule has 1 aromatic carbocycles. The Balaban J connectivity index is 2.24. The number of nitrogens with one attached hydrogen (secondary N) is 1. The molecule has 2 atom stereocenters. The molecule has 1 aliphatic rings. The molecule has 0 radical (unpaired) electrons. The van der Waals surface area contributed by atoms with Gasteiger partial charge in [0.05, 0.1) is 4.90 Å². The summed E-state index contributed by atoms with van der Waals surface area (Å²) in [6.07, 6.45) is 3.80. The molecule has 1 fully saturated rings. The molecular weight excluding hydrogens is 328 g/mol. The maximum absolute atomic E-state index is 12.4. The minimum Gasteiger partial charge on any atom is -0.326 e. The van der Waals surface area contributed by atoms with E-state index in [-0.39, 0.29) is 12.1 Å². The number of halogens is 1. The van der Waals surface area contributed by atoms with Crippen molar-refractivity contribution in [2.45, 2.75) is 49.6 Å². The maximum Gasteiger partial charge on any atom is 0.241 e. The molecule has 0 saturated heterocycles. The lowest BCUT2D eigenvalue weighted by atomic mass is 9.92. The third-order valence-electron chi connectivity index (χ3n) is 3.57. The first-order valence-electron chi connectivity index (χ1n) is 6.44. The van der Waals surface area contributed by atoms with Crippen molar-refractivity contribution in [2.75, 3.05) is 0 Å². The highest BCUT2D eigenvalue weighted by atomic mass is 79.9. The van der Waals surface area contributed by atoms with E-state index in [0.29, 0.717) is 4.90 Å². The van der Waals surface area contributed by atoms with Crippen molar-refractivity contribution in [1.82, 2.24) is 4.72 Å². The van der Waals surface area contributed by atoms with Gasteiger partial charge in [0.25, 0.3) is 0 Å². The Labute approximate surface area is 122 Å².